The van der Waals surface area contributed by atoms with E-state index >= 15 is 0 Å². The zero-order chi connectivity index (χ0) is 15.8. The molecule has 1 heterocycles. The van der Waals surface area contributed by atoms with E-state index in [-0.39, 0.29) is 16.2 Å². The van der Waals surface area contributed by atoms with Crippen LogP contribution in [0.3, 0.4) is 0 Å². The van der Waals surface area contributed by atoms with Crippen LogP contribution in [-0.2, 0) is 16.2 Å². The van der Waals surface area contributed by atoms with Crippen LogP contribution in [0.5, 0.6) is 0 Å². The molecule has 1 rings (SSSR count). The van der Waals surface area contributed by atoms with Crippen LogP contribution in [0.15, 0.2) is 0 Å². The molecule has 0 aliphatic heterocycles. The highest BCUT2D eigenvalue weighted by Crippen LogP contribution is 2.36. The maximum atomic E-state index is 5.02. The van der Waals surface area contributed by atoms with Crippen LogP contribution < -0.4 is 0 Å². The lowest BCUT2D eigenvalue weighted by molar-refractivity contribution is 0.432. The molecular weight excluding hydrogens is 244 g/mol. The van der Waals surface area contributed by atoms with Crippen molar-refractivity contribution in [1.82, 2.24) is 9.97 Å². The number of hydrogen-bond donors (Lipinski definition) is 1. The molecule has 0 amide bonds. The second-order valence-electron chi connectivity index (χ2n) is 8.80. The summed E-state index contributed by atoms with van der Waals surface area (Å²) in [5, 5.41) is 0. The summed E-state index contributed by atoms with van der Waals surface area (Å²) >= 11 is 0. The van der Waals surface area contributed by atoms with Gasteiger partial charge in [-0.1, -0.05) is 75.2 Å². The number of nitrogens with zero attached hydrogens (tertiary/aromatic N) is 1. The van der Waals surface area contributed by atoms with Gasteiger partial charge >= 0.3 is 0 Å². The fourth-order valence-corrected chi connectivity index (χ4v) is 2.52. The second kappa shape index (κ2) is 5.54. The number of aromatic amines is 1. The molecule has 0 unspecified atom stereocenters. The van der Waals surface area contributed by atoms with Crippen molar-refractivity contribution in [1.29, 1.82) is 0 Å². The summed E-state index contributed by atoms with van der Waals surface area (Å²) in [5.74, 6) is 1.15. The molecule has 2 heteroatoms. The summed E-state index contributed by atoms with van der Waals surface area (Å²) < 4.78 is 0. The SMILES string of the molecule is CCCCC(C)(C)c1nc(C(C)(C)C)c(C(C)(C)C)[nH]1. The first-order valence-corrected chi connectivity index (χ1v) is 8.01. The summed E-state index contributed by atoms with van der Waals surface area (Å²) in [6.07, 6.45) is 3.68. The van der Waals surface area contributed by atoms with Crippen LogP contribution in [0.1, 0.15) is 98.8 Å². The summed E-state index contributed by atoms with van der Waals surface area (Å²) in [6.45, 7) is 20.4. The highest BCUT2D eigenvalue weighted by atomic mass is 15.0. The summed E-state index contributed by atoms with van der Waals surface area (Å²) in [7, 11) is 0. The van der Waals surface area contributed by atoms with Crippen LogP contribution in [0.2, 0.25) is 0 Å². The lowest BCUT2D eigenvalue weighted by Crippen LogP contribution is -2.21. The Kier molecular flexibility index (Phi) is 4.78. The van der Waals surface area contributed by atoms with Crippen LogP contribution in [0.25, 0.3) is 0 Å². The normalized spacial score (nSPS) is 13.8. The third-order valence-electron chi connectivity index (χ3n) is 3.96. The standard InChI is InChI=1S/C18H34N2/c1-10-11-12-18(8,9)15-19-13(16(2,3)4)14(20-15)17(5,6)7/h10-12H2,1-9H3,(H,19,20). The Morgan fingerprint density at radius 1 is 0.900 bits per heavy atom. The van der Waals surface area contributed by atoms with Gasteiger partial charge in [0.25, 0.3) is 0 Å². The van der Waals surface area contributed by atoms with Crippen molar-refractivity contribution in [3.63, 3.8) is 0 Å². The van der Waals surface area contributed by atoms with E-state index in [0.717, 1.165) is 5.82 Å². The fourth-order valence-electron chi connectivity index (χ4n) is 2.52. The topological polar surface area (TPSA) is 28.7 Å². The van der Waals surface area contributed by atoms with Crippen molar-refractivity contribution in [3.05, 3.63) is 17.2 Å². The molecule has 1 aromatic heterocycles. The van der Waals surface area contributed by atoms with Crippen LogP contribution in [-0.4, -0.2) is 9.97 Å². The Labute approximate surface area is 125 Å². The van der Waals surface area contributed by atoms with Crippen molar-refractivity contribution in [2.75, 3.05) is 0 Å². The first-order chi connectivity index (χ1) is 8.89. The lowest BCUT2D eigenvalue weighted by Gasteiger charge is -2.24. The maximum absolute atomic E-state index is 5.02. The summed E-state index contributed by atoms with van der Waals surface area (Å²) in [4.78, 5) is 8.68. The number of nitrogens with one attached hydrogen (secondary N) is 1. The monoisotopic (exact) mass is 278 g/mol. The van der Waals surface area contributed by atoms with Gasteiger partial charge in [-0.15, -0.1) is 0 Å². The second-order valence-corrected chi connectivity index (χ2v) is 8.80. The molecule has 116 valence electrons. The molecule has 0 saturated heterocycles. The van der Waals surface area contributed by atoms with Gasteiger partial charge in [0.2, 0.25) is 0 Å². The fraction of sp³-hybridized carbons (Fsp3) is 0.833. The van der Waals surface area contributed by atoms with Crippen molar-refractivity contribution in [3.8, 4) is 0 Å². The third-order valence-corrected chi connectivity index (χ3v) is 3.96. The van der Waals surface area contributed by atoms with E-state index in [2.05, 4.69) is 67.3 Å². The largest absolute Gasteiger partial charge is 0.345 e. The smallest absolute Gasteiger partial charge is 0.112 e. The first-order valence-electron chi connectivity index (χ1n) is 8.01. The molecule has 0 spiro atoms. The molecule has 0 radical (unpaired) electrons. The van der Waals surface area contributed by atoms with Crippen LogP contribution in [0.4, 0.5) is 0 Å². The number of H-pyrrole nitrogens is 1. The predicted molar refractivity (Wildman–Crippen MR) is 88.5 cm³/mol. The Morgan fingerprint density at radius 2 is 1.45 bits per heavy atom. The van der Waals surface area contributed by atoms with Gasteiger partial charge in [0.1, 0.15) is 5.82 Å². The Balaban J connectivity index is 3.29. The average molecular weight is 278 g/mol. The first kappa shape index (κ1) is 17.3. The number of hydrogen-bond acceptors (Lipinski definition) is 1. The zero-order valence-electron chi connectivity index (χ0n) is 15.1. The molecule has 1 aromatic rings. The molecule has 1 N–H and O–H groups in total. The number of unbranched alkanes of at least 4 members (excludes halogenated alkanes) is 1. The molecule has 20 heavy (non-hydrogen) atoms. The maximum Gasteiger partial charge on any atom is 0.112 e. The molecule has 0 aliphatic carbocycles. The van der Waals surface area contributed by atoms with E-state index < -0.39 is 0 Å². The van der Waals surface area contributed by atoms with E-state index in [4.69, 9.17) is 4.98 Å². The average Bonchev–Trinajstić information content (AvgIpc) is 2.71. The van der Waals surface area contributed by atoms with Crippen molar-refractivity contribution < 1.29 is 0 Å². The zero-order valence-corrected chi connectivity index (χ0v) is 15.1. The molecule has 0 aliphatic rings. The van der Waals surface area contributed by atoms with Crippen molar-refractivity contribution in [2.24, 2.45) is 0 Å². The minimum Gasteiger partial charge on any atom is -0.345 e. The Morgan fingerprint density at radius 3 is 1.80 bits per heavy atom. The van der Waals surface area contributed by atoms with Gasteiger partial charge in [-0.25, -0.2) is 4.98 Å². The summed E-state index contributed by atoms with van der Waals surface area (Å²) in [6, 6.07) is 0. The highest BCUT2D eigenvalue weighted by molar-refractivity contribution is 5.30. The van der Waals surface area contributed by atoms with Crippen LogP contribution in [0, 0.1) is 0 Å². The molecule has 0 aromatic carbocycles. The minimum absolute atomic E-state index is 0.0815. The molecular formula is C18H34N2. The van der Waals surface area contributed by atoms with Gasteiger partial charge in [-0.05, 0) is 6.42 Å². The quantitative estimate of drug-likeness (QED) is 0.777. The van der Waals surface area contributed by atoms with E-state index in [1.54, 1.807) is 0 Å². The van der Waals surface area contributed by atoms with E-state index in [1.807, 2.05) is 0 Å². The van der Waals surface area contributed by atoms with Gasteiger partial charge in [-0.3, -0.25) is 0 Å². The van der Waals surface area contributed by atoms with Gasteiger partial charge in [0, 0.05) is 21.9 Å². The molecule has 2 nitrogen and oxygen atoms in total. The van der Waals surface area contributed by atoms with Gasteiger partial charge < -0.3 is 4.98 Å². The molecule has 0 fully saturated rings. The van der Waals surface area contributed by atoms with E-state index in [0.29, 0.717) is 0 Å². The third kappa shape index (κ3) is 3.86. The van der Waals surface area contributed by atoms with Crippen molar-refractivity contribution >= 4 is 0 Å². The number of imidazole rings is 1. The van der Waals surface area contributed by atoms with Gasteiger partial charge in [0.05, 0.1) is 5.69 Å². The Hall–Kier alpha value is -0.790. The molecule has 0 bridgehead atoms. The molecule has 0 saturated carbocycles. The number of aromatic nitrogens is 2. The highest BCUT2D eigenvalue weighted by Gasteiger charge is 2.33. The summed E-state index contributed by atoms with van der Waals surface area (Å²) in [5.41, 5.74) is 2.83. The predicted octanol–water partition coefficient (Wildman–Crippen LogP) is 5.47. The minimum atomic E-state index is 0.0815. The Bertz CT molecular complexity index is 407. The van der Waals surface area contributed by atoms with E-state index in [9.17, 15) is 0 Å². The van der Waals surface area contributed by atoms with Crippen molar-refractivity contribution in [2.45, 2.75) is 97.8 Å². The van der Waals surface area contributed by atoms with Crippen LogP contribution >= 0.6 is 0 Å². The van der Waals surface area contributed by atoms with E-state index in [1.165, 1.54) is 30.7 Å². The molecule has 0 atom stereocenters. The van der Waals surface area contributed by atoms with Gasteiger partial charge in [-0.2, -0.15) is 0 Å². The van der Waals surface area contributed by atoms with Gasteiger partial charge in [0.15, 0.2) is 0 Å². The lowest BCUT2D eigenvalue weighted by atomic mass is 9.82. The number of rotatable bonds is 4.